The molecule has 0 amide bonds. The Kier molecular flexibility index (Phi) is 4.23. The van der Waals surface area contributed by atoms with Crippen LogP contribution in [0.25, 0.3) is 10.8 Å². The molecule has 1 unspecified atom stereocenters. The molecule has 3 rings (SSSR count). The van der Waals surface area contributed by atoms with E-state index in [4.69, 9.17) is 23.2 Å². The third-order valence-electron chi connectivity index (χ3n) is 3.77. The molecular formula is C17H15Cl2NS. The van der Waals surface area contributed by atoms with Gasteiger partial charge in [0, 0.05) is 5.56 Å². The largest absolute Gasteiger partial charge is 0.309 e. The van der Waals surface area contributed by atoms with E-state index in [-0.39, 0.29) is 6.04 Å². The minimum absolute atomic E-state index is 0.0340. The molecule has 1 N–H and O–H groups in total. The Morgan fingerprint density at radius 3 is 2.33 bits per heavy atom. The van der Waals surface area contributed by atoms with Crippen LogP contribution in [-0.4, -0.2) is 7.05 Å². The van der Waals surface area contributed by atoms with Crippen molar-refractivity contribution in [3.8, 4) is 0 Å². The van der Waals surface area contributed by atoms with Gasteiger partial charge in [-0.15, -0.1) is 11.3 Å². The first-order valence-corrected chi connectivity index (χ1v) is 8.29. The highest BCUT2D eigenvalue weighted by atomic mass is 35.5. The lowest BCUT2D eigenvalue weighted by molar-refractivity contribution is 0.699. The zero-order valence-corrected chi connectivity index (χ0v) is 14.1. The van der Waals surface area contributed by atoms with Crippen molar-refractivity contribution in [1.29, 1.82) is 0 Å². The molecule has 0 bridgehead atoms. The lowest BCUT2D eigenvalue weighted by atomic mass is 9.93. The van der Waals surface area contributed by atoms with Crippen LogP contribution in [0.2, 0.25) is 8.67 Å². The maximum absolute atomic E-state index is 6.35. The second-order valence-corrected chi connectivity index (χ2v) is 7.30. The molecule has 108 valence electrons. The third-order valence-corrected chi connectivity index (χ3v) is 5.29. The first-order valence-electron chi connectivity index (χ1n) is 6.72. The van der Waals surface area contributed by atoms with Crippen LogP contribution < -0.4 is 5.32 Å². The molecule has 1 aromatic heterocycles. The molecule has 21 heavy (non-hydrogen) atoms. The first kappa shape index (κ1) is 14.9. The standard InChI is InChI=1S/C17H15Cl2NS/c1-10-7-8-13(12-6-4-3-5-11(10)12)16(20-2)14-9-15(18)21-17(14)19/h3-9,16,20H,1-2H3. The minimum atomic E-state index is 0.0340. The summed E-state index contributed by atoms with van der Waals surface area (Å²) >= 11 is 13.9. The number of thiophene rings is 1. The molecule has 1 nitrogen and oxygen atoms in total. The molecule has 0 fully saturated rings. The van der Waals surface area contributed by atoms with Crippen LogP contribution in [0.15, 0.2) is 42.5 Å². The van der Waals surface area contributed by atoms with Crippen LogP contribution in [0.1, 0.15) is 22.7 Å². The number of halogens is 2. The summed E-state index contributed by atoms with van der Waals surface area (Å²) in [5.41, 5.74) is 3.52. The second-order valence-electron chi connectivity index (χ2n) is 5.02. The lowest BCUT2D eigenvalue weighted by Gasteiger charge is -2.19. The van der Waals surface area contributed by atoms with Crippen LogP contribution in [0.4, 0.5) is 0 Å². The van der Waals surface area contributed by atoms with Gasteiger partial charge in [0.25, 0.3) is 0 Å². The average Bonchev–Trinajstić information content (AvgIpc) is 2.81. The molecule has 0 aliphatic heterocycles. The molecule has 0 aliphatic carbocycles. The van der Waals surface area contributed by atoms with Gasteiger partial charge in [-0.05, 0) is 41.9 Å². The predicted molar refractivity (Wildman–Crippen MR) is 93.9 cm³/mol. The smallest absolute Gasteiger partial charge is 0.0995 e. The Morgan fingerprint density at radius 1 is 1.00 bits per heavy atom. The van der Waals surface area contributed by atoms with Crippen LogP contribution in [0.3, 0.4) is 0 Å². The second kappa shape index (κ2) is 5.98. The summed E-state index contributed by atoms with van der Waals surface area (Å²) in [5, 5.41) is 5.88. The van der Waals surface area contributed by atoms with Gasteiger partial charge >= 0.3 is 0 Å². The normalized spacial score (nSPS) is 12.8. The van der Waals surface area contributed by atoms with E-state index < -0.39 is 0 Å². The monoisotopic (exact) mass is 335 g/mol. The van der Waals surface area contributed by atoms with Crippen LogP contribution in [0, 0.1) is 6.92 Å². The van der Waals surface area contributed by atoms with Gasteiger partial charge in [-0.3, -0.25) is 0 Å². The molecule has 3 aromatic rings. The highest BCUT2D eigenvalue weighted by molar-refractivity contribution is 7.20. The Bertz CT molecular complexity index is 795. The fourth-order valence-electron chi connectivity index (χ4n) is 2.75. The van der Waals surface area contributed by atoms with Gasteiger partial charge in [0.15, 0.2) is 0 Å². The Balaban J connectivity index is 2.22. The van der Waals surface area contributed by atoms with Gasteiger partial charge in [0.1, 0.15) is 0 Å². The molecule has 1 heterocycles. The molecule has 0 spiro atoms. The van der Waals surface area contributed by atoms with Gasteiger partial charge < -0.3 is 5.32 Å². The van der Waals surface area contributed by atoms with Crippen molar-refractivity contribution in [1.82, 2.24) is 5.32 Å². The average molecular weight is 336 g/mol. The molecule has 0 saturated heterocycles. The van der Waals surface area contributed by atoms with E-state index in [0.29, 0.717) is 4.34 Å². The quantitative estimate of drug-likeness (QED) is 0.635. The summed E-state index contributed by atoms with van der Waals surface area (Å²) in [6, 6.07) is 14.8. The highest BCUT2D eigenvalue weighted by Crippen LogP contribution is 2.39. The number of nitrogens with one attached hydrogen (secondary N) is 1. The van der Waals surface area contributed by atoms with Gasteiger partial charge in [0.05, 0.1) is 14.7 Å². The summed E-state index contributed by atoms with van der Waals surface area (Å²) in [5.74, 6) is 0. The van der Waals surface area contributed by atoms with E-state index in [1.54, 1.807) is 0 Å². The Labute approximate surface area is 138 Å². The lowest BCUT2D eigenvalue weighted by Crippen LogP contribution is -2.17. The van der Waals surface area contributed by atoms with Crippen LogP contribution in [0.5, 0.6) is 0 Å². The summed E-state index contributed by atoms with van der Waals surface area (Å²) < 4.78 is 1.45. The van der Waals surface area contributed by atoms with Gasteiger partial charge in [-0.25, -0.2) is 0 Å². The topological polar surface area (TPSA) is 12.0 Å². The number of aryl methyl sites for hydroxylation is 1. The fraction of sp³-hybridized carbons (Fsp3) is 0.176. The van der Waals surface area contributed by atoms with E-state index in [1.165, 1.54) is 33.2 Å². The van der Waals surface area contributed by atoms with Crippen LogP contribution >= 0.6 is 34.5 Å². The number of hydrogen-bond acceptors (Lipinski definition) is 2. The van der Waals surface area contributed by atoms with E-state index >= 15 is 0 Å². The van der Waals surface area contributed by atoms with E-state index in [9.17, 15) is 0 Å². The van der Waals surface area contributed by atoms with Crippen molar-refractivity contribution >= 4 is 45.3 Å². The van der Waals surface area contributed by atoms with Gasteiger partial charge in [0.2, 0.25) is 0 Å². The zero-order valence-electron chi connectivity index (χ0n) is 11.8. The summed E-state index contributed by atoms with van der Waals surface area (Å²) in [7, 11) is 1.95. The number of benzene rings is 2. The summed E-state index contributed by atoms with van der Waals surface area (Å²) in [4.78, 5) is 0. The Hall–Kier alpha value is -1.06. The van der Waals surface area contributed by atoms with Crippen molar-refractivity contribution in [3.63, 3.8) is 0 Å². The maximum atomic E-state index is 6.35. The van der Waals surface area contributed by atoms with Gasteiger partial charge in [-0.2, -0.15) is 0 Å². The van der Waals surface area contributed by atoms with Crippen LogP contribution in [-0.2, 0) is 0 Å². The molecule has 0 saturated carbocycles. The number of fused-ring (bicyclic) bond motifs is 1. The van der Waals surface area contributed by atoms with Crippen molar-refractivity contribution in [2.45, 2.75) is 13.0 Å². The first-order chi connectivity index (χ1) is 10.1. The fourth-order valence-corrected chi connectivity index (χ4v) is 4.29. The van der Waals surface area contributed by atoms with E-state index in [1.807, 2.05) is 13.1 Å². The molecule has 2 aromatic carbocycles. The van der Waals surface area contributed by atoms with E-state index in [0.717, 1.165) is 9.90 Å². The maximum Gasteiger partial charge on any atom is 0.0995 e. The third kappa shape index (κ3) is 2.69. The van der Waals surface area contributed by atoms with Crippen molar-refractivity contribution in [2.24, 2.45) is 0 Å². The van der Waals surface area contributed by atoms with Crippen molar-refractivity contribution in [3.05, 3.63) is 67.8 Å². The van der Waals surface area contributed by atoms with Crippen molar-refractivity contribution in [2.75, 3.05) is 7.05 Å². The Morgan fingerprint density at radius 2 is 1.71 bits per heavy atom. The highest BCUT2D eigenvalue weighted by Gasteiger charge is 2.20. The molecular weight excluding hydrogens is 321 g/mol. The minimum Gasteiger partial charge on any atom is -0.309 e. The zero-order chi connectivity index (χ0) is 15.0. The number of hydrogen-bond donors (Lipinski definition) is 1. The summed E-state index contributed by atoms with van der Waals surface area (Å²) in [6.07, 6.45) is 0. The van der Waals surface area contributed by atoms with E-state index in [2.05, 4.69) is 48.6 Å². The SMILES string of the molecule is CNC(c1cc(Cl)sc1Cl)c1ccc(C)c2ccccc12. The predicted octanol–water partition coefficient (Wildman–Crippen LogP) is 5.83. The summed E-state index contributed by atoms with van der Waals surface area (Å²) in [6.45, 7) is 2.13. The van der Waals surface area contributed by atoms with Gasteiger partial charge in [-0.1, -0.05) is 59.6 Å². The molecule has 1 atom stereocenters. The molecule has 0 radical (unpaired) electrons. The van der Waals surface area contributed by atoms with Crippen molar-refractivity contribution < 1.29 is 0 Å². The molecule has 0 aliphatic rings. The number of rotatable bonds is 3. The molecule has 4 heteroatoms.